The van der Waals surface area contributed by atoms with Gasteiger partial charge in [0.1, 0.15) is 23.3 Å². The third kappa shape index (κ3) is 8.99. The number of esters is 2. The third-order valence-corrected chi connectivity index (χ3v) is 6.25. The minimum Gasteiger partial charge on any atom is -0.494 e. The van der Waals surface area contributed by atoms with Crippen molar-refractivity contribution in [3.8, 4) is 11.5 Å². The predicted molar refractivity (Wildman–Crippen MR) is 157 cm³/mol. The number of hydrogen-bond donors (Lipinski definition) is 2. The number of unbranched alkanes of at least 4 members (excludes halogenated alkanes) is 3. The maximum Gasteiger partial charge on any atom is 0.529 e. The normalized spacial score (nSPS) is 16.2. The molecule has 0 spiro atoms. The maximum absolute atomic E-state index is 12.7. The van der Waals surface area contributed by atoms with Gasteiger partial charge in [-0.3, -0.25) is 4.79 Å². The summed E-state index contributed by atoms with van der Waals surface area (Å²) >= 11 is 0. The highest BCUT2D eigenvalue weighted by atomic mass is 16.6. The van der Waals surface area contributed by atoms with Crippen molar-refractivity contribution in [1.82, 2.24) is 9.80 Å². The van der Waals surface area contributed by atoms with E-state index >= 15 is 0 Å². The molecular weight excluding hydrogens is 526 g/mol. The molecule has 0 saturated heterocycles. The first-order chi connectivity index (χ1) is 19.5. The van der Waals surface area contributed by atoms with Crippen LogP contribution in [0.15, 0.2) is 65.9 Å². The van der Waals surface area contributed by atoms with Gasteiger partial charge in [-0.1, -0.05) is 26.2 Å². The number of hydrogen-bond acceptors (Lipinski definition) is 8. The van der Waals surface area contributed by atoms with E-state index in [0.29, 0.717) is 36.0 Å². The molecule has 1 heterocycles. The molecule has 0 bridgehead atoms. The molecule has 0 aromatic heterocycles. The van der Waals surface area contributed by atoms with Crippen LogP contribution in [0.5, 0.6) is 11.5 Å². The number of carbonyl (C=O) groups excluding carboxylic acids is 2. The van der Waals surface area contributed by atoms with E-state index in [4.69, 9.17) is 14.2 Å². The van der Waals surface area contributed by atoms with E-state index in [2.05, 4.69) is 17.2 Å². The van der Waals surface area contributed by atoms with Crippen LogP contribution in [0.2, 0.25) is 0 Å². The van der Waals surface area contributed by atoms with Crippen LogP contribution in [0.3, 0.4) is 0 Å². The largest absolute Gasteiger partial charge is 0.529 e. The molecule has 2 aromatic rings. The molecule has 1 aliphatic heterocycles. The molecule has 0 saturated carbocycles. The highest BCUT2D eigenvalue weighted by Crippen LogP contribution is 2.32. The van der Waals surface area contributed by atoms with Crippen LogP contribution >= 0.6 is 0 Å². The fourth-order valence-corrected chi connectivity index (χ4v) is 4.25. The summed E-state index contributed by atoms with van der Waals surface area (Å²) in [6, 6.07) is 13.1. The average Bonchev–Trinajstić information content (AvgIpc) is 3.36. The topological polar surface area (TPSA) is 124 Å². The second kappa shape index (κ2) is 14.6. The van der Waals surface area contributed by atoms with Gasteiger partial charge < -0.3 is 24.6 Å². The molecule has 0 aliphatic carbocycles. The van der Waals surface area contributed by atoms with Gasteiger partial charge in [0.2, 0.25) is 5.84 Å². The predicted octanol–water partition coefficient (Wildman–Crippen LogP) is 6.05. The zero-order valence-electron chi connectivity index (χ0n) is 24.2. The summed E-state index contributed by atoms with van der Waals surface area (Å²) in [5, 5.41) is 13.2. The Morgan fingerprint density at radius 1 is 0.951 bits per heavy atom. The summed E-state index contributed by atoms with van der Waals surface area (Å²) < 4.78 is 15.9. The number of rotatable bonds is 14. The van der Waals surface area contributed by atoms with E-state index in [1.54, 1.807) is 69.3 Å². The quantitative estimate of drug-likeness (QED) is 0.123. The van der Waals surface area contributed by atoms with Crippen LogP contribution in [0, 0.1) is 0 Å². The SMILES string of the molecule is CCCCCCOc1ccc(C(=O)Oc2ccc([N+]3(C(=O)O)C=CN=C3CCNCC(=O)OC(C)(C)C)cc2)cc1. The summed E-state index contributed by atoms with van der Waals surface area (Å²) in [7, 11) is 0. The number of carbonyl (C=O) groups is 3. The molecule has 220 valence electrons. The molecule has 1 atom stereocenters. The van der Waals surface area contributed by atoms with Gasteiger partial charge >= 0.3 is 18.0 Å². The number of nitrogens with zero attached hydrogens (tertiary/aromatic N) is 2. The fourth-order valence-electron chi connectivity index (χ4n) is 4.25. The van der Waals surface area contributed by atoms with Crippen LogP contribution in [0.4, 0.5) is 10.5 Å². The van der Waals surface area contributed by atoms with Gasteiger partial charge in [-0.15, -0.1) is 4.48 Å². The monoisotopic (exact) mass is 566 g/mol. The molecule has 0 fully saturated rings. The first-order valence-corrected chi connectivity index (χ1v) is 13.9. The molecule has 10 nitrogen and oxygen atoms in total. The van der Waals surface area contributed by atoms with E-state index in [1.807, 2.05) is 0 Å². The van der Waals surface area contributed by atoms with E-state index in [0.717, 1.165) is 12.8 Å². The first-order valence-electron chi connectivity index (χ1n) is 13.9. The van der Waals surface area contributed by atoms with Gasteiger partial charge in [0, 0.05) is 18.7 Å². The minimum absolute atomic E-state index is 0.0000866. The number of amides is 1. The van der Waals surface area contributed by atoms with Gasteiger partial charge in [0.15, 0.2) is 5.69 Å². The van der Waals surface area contributed by atoms with Crippen LogP contribution in [-0.2, 0) is 9.53 Å². The molecule has 2 N–H and O–H groups in total. The van der Waals surface area contributed by atoms with Crippen molar-refractivity contribution >= 4 is 29.6 Å². The molecule has 0 radical (unpaired) electrons. The molecule has 1 amide bonds. The Kier molecular flexibility index (Phi) is 11.2. The van der Waals surface area contributed by atoms with Gasteiger partial charge in [0.05, 0.1) is 31.3 Å². The number of nitrogens with one attached hydrogen (secondary N) is 1. The fraction of sp³-hybridized carbons (Fsp3) is 0.419. The van der Waals surface area contributed by atoms with Crippen LogP contribution in [-0.4, -0.2) is 54.3 Å². The zero-order chi connectivity index (χ0) is 29.9. The summed E-state index contributed by atoms with van der Waals surface area (Å²) in [4.78, 5) is 41.3. The summed E-state index contributed by atoms with van der Waals surface area (Å²) in [6.45, 7) is 8.49. The number of ether oxygens (including phenoxy) is 3. The third-order valence-electron chi connectivity index (χ3n) is 6.25. The Hall–Kier alpha value is -4.02. The summed E-state index contributed by atoms with van der Waals surface area (Å²) in [5.41, 5.74) is 0.204. The van der Waals surface area contributed by atoms with Crippen molar-refractivity contribution in [1.29, 1.82) is 0 Å². The van der Waals surface area contributed by atoms with Crippen molar-refractivity contribution in [2.45, 2.75) is 65.4 Å². The minimum atomic E-state index is -1.14. The summed E-state index contributed by atoms with van der Waals surface area (Å²) in [5.74, 6) is 0.413. The van der Waals surface area contributed by atoms with Crippen molar-refractivity contribution < 1.29 is 33.7 Å². The Balaban J connectivity index is 1.58. The van der Waals surface area contributed by atoms with Crippen LogP contribution in [0.25, 0.3) is 0 Å². The van der Waals surface area contributed by atoms with Gasteiger partial charge in [-0.25, -0.2) is 9.79 Å². The molecular formula is C31H40N3O7+. The Morgan fingerprint density at radius 3 is 2.27 bits per heavy atom. The lowest BCUT2D eigenvalue weighted by Crippen LogP contribution is -2.52. The van der Waals surface area contributed by atoms with Crippen LogP contribution < -0.4 is 19.3 Å². The van der Waals surface area contributed by atoms with Gasteiger partial charge in [0.25, 0.3) is 0 Å². The highest BCUT2D eigenvalue weighted by Gasteiger charge is 2.46. The molecule has 1 aliphatic rings. The molecule has 41 heavy (non-hydrogen) atoms. The van der Waals surface area contributed by atoms with Crippen molar-refractivity contribution in [3.05, 3.63) is 66.5 Å². The number of carboxylic acid groups (broad SMARTS) is 1. The lowest BCUT2D eigenvalue weighted by molar-refractivity contribution is -0.153. The Morgan fingerprint density at radius 2 is 1.63 bits per heavy atom. The highest BCUT2D eigenvalue weighted by molar-refractivity contribution is 6.11. The lowest BCUT2D eigenvalue weighted by atomic mass is 10.2. The average molecular weight is 567 g/mol. The lowest BCUT2D eigenvalue weighted by Gasteiger charge is -2.26. The first kappa shape index (κ1) is 31.5. The number of aliphatic imine (C=N–C) groups is 1. The smallest absolute Gasteiger partial charge is 0.494 e. The second-order valence-electron chi connectivity index (χ2n) is 10.7. The number of benzene rings is 2. The van der Waals surface area contributed by atoms with Crippen LogP contribution in [0.1, 0.15) is 70.2 Å². The molecule has 3 rings (SSSR count). The maximum atomic E-state index is 12.7. The van der Waals surface area contributed by atoms with Crippen molar-refractivity contribution in [3.63, 3.8) is 0 Å². The molecule has 2 aromatic carbocycles. The van der Waals surface area contributed by atoms with E-state index in [1.165, 1.54) is 25.2 Å². The summed E-state index contributed by atoms with van der Waals surface area (Å²) in [6.07, 6.45) is 6.53. The zero-order valence-corrected chi connectivity index (χ0v) is 24.2. The second-order valence-corrected chi connectivity index (χ2v) is 10.7. The van der Waals surface area contributed by atoms with Crippen molar-refractivity contribution in [2.75, 3.05) is 19.7 Å². The number of amidine groups is 1. The van der Waals surface area contributed by atoms with Gasteiger partial charge in [-0.2, -0.15) is 4.79 Å². The standard InChI is InChI=1S/C31H39N3O7/c1-5-6-7-8-21-39-25-13-9-23(10-14-25)29(36)40-26-15-11-24(12-16-26)34(30(37)38)20-19-33-27(34)17-18-32-22-28(35)41-31(2,3)4/h9-16,19-20,32H,5-8,17-18,21-22H2,1-4H3/p+1. The number of quaternary nitrogens is 1. The van der Waals surface area contributed by atoms with E-state index < -0.39 is 28.1 Å². The molecule has 1 unspecified atom stereocenters. The Labute approximate surface area is 241 Å². The molecule has 10 heteroatoms. The van der Waals surface area contributed by atoms with E-state index in [-0.39, 0.29) is 18.7 Å². The van der Waals surface area contributed by atoms with Gasteiger partial charge in [-0.05, 0) is 63.6 Å². The van der Waals surface area contributed by atoms with E-state index in [9.17, 15) is 19.5 Å². The van der Waals surface area contributed by atoms with Crippen molar-refractivity contribution in [2.24, 2.45) is 4.99 Å². The Bertz CT molecular complexity index is 1250.